The number of ether oxygens (including phenoxy) is 1. The second-order valence-corrected chi connectivity index (χ2v) is 2.74. The minimum atomic E-state index is -1.37. The Hall–Kier alpha value is -0.830. The second kappa shape index (κ2) is 3.05. The van der Waals surface area contributed by atoms with E-state index in [2.05, 4.69) is 4.99 Å². The maximum absolute atomic E-state index is 10.4. The predicted octanol–water partition coefficient (Wildman–Crippen LogP) is 1.47. The number of carbonyl (C=O) groups is 1. The average Bonchev–Trinajstić information content (AvgIpc) is 2.05. The lowest BCUT2D eigenvalue weighted by Crippen LogP contribution is -2.30. The van der Waals surface area contributed by atoms with Crippen molar-refractivity contribution in [1.82, 2.24) is 0 Å². The van der Waals surface area contributed by atoms with Crippen LogP contribution in [-0.4, -0.2) is 17.6 Å². The molecule has 0 radical (unpaired) electrons. The molecule has 0 saturated heterocycles. The van der Waals surface area contributed by atoms with Crippen LogP contribution < -0.4 is 0 Å². The van der Waals surface area contributed by atoms with Gasteiger partial charge in [-0.15, -0.1) is 0 Å². The van der Waals surface area contributed by atoms with Gasteiger partial charge in [-0.25, -0.2) is 0 Å². The number of hydrogen-bond donors (Lipinski definition) is 0. The largest absolute Gasteiger partial charge is 0.462 e. The standard InChI is InChI=1S/C7H8ClNO2/c1-2-6-3-9-4-7(8,5-10)11-6/h3-5H,2H2,1H3. The minimum absolute atomic E-state index is 0.515. The van der Waals surface area contributed by atoms with Crippen molar-refractivity contribution in [2.45, 2.75) is 18.4 Å². The van der Waals surface area contributed by atoms with Crippen molar-refractivity contribution < 1.29 is 9.53 Å². The van der Waals surface area contributed by atoms with Gasteiger partial charge in [-0.2, -0.15) is 0 Å². The van der Waals surface area contributed by atoms with Gasteiger partial charge in [0.15, 0.2) is 6.29 Å². The topological polar surface area (TPSA) is 38.7 Å². The quantitative estimate of drug-likeness (QED) is 0.469. The zero-order valence-electron chi connectivity index (χ0n) is 6.08. The van der Waals surface area contributed by atoms with Crippen LogP contribution >= 0.6 is 11.6 Å². The molecule has 1 heterocycles. The third-order valence-electron chi connectivity index (χ3n) is 1.27. The number of aldehydes is 1. The van der Waals surface area contributed by atoms with Crippen molar-refractivity contribution in [3.8, 4) is 0 Å². The summed E-state index contributed by atoms with van der Waals surface area (Å²) in [5, 5.41) is -1.37. The fourth-order valence-corrected chi connectivity index (χ4v) is 0.849. The van der Waals surface area contributed by atoms with Crippen molar-refractivity contribution in [2.24, 2.45) is 4.99 Å². The number of carbonyl (C=O) groups excluding carboxylic acids is 1. The summed E-state index contributed by atoms with van der Waals surface area (Å²) >= 11 is 5.65. The molecule has 11 heavy (non-hydrogen) atoms. The summed E-state index contributed by atoms with van der Waals surface area (Å²) in [5.41, 5.74) is 0. The zero-order valence-corrected chi connectivity index (χ0v) is 6.84. The monoisotopic (exact) mass is 173 g/mol. The summed E-state index contributed by atoms with van der Waals surface area (Å²) in [7, 11) is 0. The van der Waals surface area contributed by atoms with E-state index in [-0.39, 0.29) is 0 Å². The maximum Gasteiger partial charge on any atom is 0.273 e. The summed E-state index contributed by atoms with van der Waals surface area (Å²) in [4.78, 5) is 14.1. The third kappa shape index (κ3) is 1.80. The molecule has 1 unspecified atom stereocenters. The van der Waals surface area contributed by atoms with Gasteiger partial charge in [-0.1, -0.05) is 18.5 Å². The molecular formula is C7H8ClNO2. The first-order valence-corrected chi connectivity index (χ1v) is 3.65. The number of aliphatic imine (C=N–C) groups is 1. The van der Waals surface area contributed by atoms with Crippen LogP contribution in [0, 0.1) is 0 Å². The van der Waals surface area contributed by atoms with Crippen LogP contribution in [0.2, 0.25) is 0 Å². The Morgan fingerprint density at radius 1 is 1.91 bits per heavy atom. The Bertz CT molecular complexity index is 224. The van der Waals surface area contributed by atoms with Crippen LogP contribution in [-0.2, 0) is 9.53 Å². The summed E-state index contributed by atoms with van der Waals surface area (Å²) in [5.74, 6) is 0.620. The van der Waals surface area contributed by atoms with Crippen LogP contribution in [0.25, 0.3) is 0 Å². The molecule has 0 aliphatic carbocycles. The van der Waals surface area contributed by atoms with E-state index < -0.39 is 5.06 Å². The van der Waals surface area contributed by atoms with Crippen LogP contribution in [0.4, 0.5) is 0 Å². The molecule has 1 aliphatic rings. The number of hydrogen-bond acceptors (Lipinski definition) is 3. The molecule has 0 saturated carbocycles. The van der Waals surface area contributed by atoms with Gasteiger partial charge in [-0.3, -0.25) is 9.79 Å². The molecule has 0 amide bonds. The van der Waals surface area contributed by atoms with Crippen molar-refractivity contribution in [3.63, 3.8) is 0 Å². The van der Waals surface area contributed by atoms with E-state index in [0.717, 1.165) is 0 Å². The minimum Gasteiger partial charge on any atom is -0.462 e. The smallest absolute Gasteiger partial charge is 0.273 e. The molecule has 1 atom stereocenters. The van der Waals surface area contributed by atoms with Crippen LogP contribution in [0.5, 0.6) is 0 Å². The highest BCUT2D eigenvalue weighted by Crippen LogP contribution is 2.21. The zero-order chi connectivity index (χ0) is 8.32. The highest BCUT2D eigenvalue weighted by molar-refractivity contribution is 6.39. The fraction of sp³-hybridized carbons (Fsp3) is 0.429. The lowest BCUT2D eigenvalue weighted by Gasteiger charge is -2.21. The van der Waals surface area contributed by atoms with Gasteiger partial charge >= 0.3 is 0 Å². The normalized spacial score (nSPS) is 29.1. The SMILES string of the molecule is CCC1=CN=CC(Cl)(C=O)O1. The molecule has 60 valence electrons. The fourth-order valence-electron chi connectivity index (χ4n) is 0.694. The lowest BCUT2D eigenvalue weighted by atomic mass is 10.3. The first kappa shape index (κ1) is 8.27. The van der Waals surface area contributed by atoms with Crippen LogP contribution in [0.15, 0.2) is 17.0 Å². The van der Waals surface area contributed by atoms with E-state index in [4.69, 9.17) is 16.3 Å². The van der Waals surface area contributed by atoms with Gasteiger partial charge in [0.2, 0.25) is 0 Å². The van der Waals surface area contributed by atoms with Gasteiger partial charge in [0.05, 0.1) is 12.4 Å². The molecule has 0 aromatic rings. The van der Waals surface area contributed by atoms with E-state index in [1.807, 2.05) is 6.92 Å². The van der Waals surface area contributed by atoms with E-state index in [1.54, 1.807) is 6.20 Å². The predicted molar refractivity (Wildman–Crippen MR) is 42.6 cm³/mol. The Kier molecular flexibility index (Phi) is 2.29. The molecule has 0 spiro atoms. The van der Waals surface area contributed by atoms with Gasteiger partial charge in [0.25, 0.3) is 5.06 Å². The number of nitrogens with zero attached hydrogens (tertiary/aromatic N) is 1. The molecule has 0 aromatic heterocycles. The molecule has 0 bridgehead atoms. The first-order chi connectivity index (χ1) is 5.20. The van der Waals surface area contributed by atoms with Crippen molar-refractivity contribution in [2.75, 3.05) is 0 Å². The molecular weight excluding hydrogens is 166 g/mol. The number of rotatable bonds is 2. The molecule has 3 nitrogen and oxygen atoms in total. The van der Waals surface area contributed by atoms with Crippen molar-refractivity contribution in [3.05, 3.63) is 12.0 Å². The molecule has 0 fully saturated rings. The lowest BCUT2D eigenvalue weighted by molar-refractivity contribution is -0.115. The van der Waals surface area contributed by atoms with E-state index >= 15 is 0 Å². The van der Waals surface area contributed by atoms with Gasteiger partial charge in [-0.05, 0) is 0 Å². The molecule has 1 rings (SSSR count). The summed E-state index contributed by atoms with van der Waals surface area (Å²) in [6, 6.07) is 0. The third-order valence-corrected chi connectivity index (χ3v) is 1.53. The Morgan fingerprint density at radius 2 is 2.64 bits per heavy atom. The van der Waals surface area contributed by atoms with Crippen LogP contribution in [0.3, 0.4) is 0 Å². The Labute approximate surface area is 69.7 Å². The van der Waals surface area contributed by atoms with Gasteiger partial charge < -0.3 is 4.74 Å². The summed E-state index contributed by atoms with van der Waals surface area (Å²) in [6.45, 7) is 1.90. The van der Waals surface area contributed by atoms with E-state index in [9.17, 15) is 4.79 Å². The molecule has 1 aliphatic heterocycles. The van der Waals surface area contributed by atoms with Gasteiger partial charge in [0.1, 0.15) is 5.76 Å². The summed E-state index contributed by atoms with van der Waals surface area (Å²) in [6.07, 6.45) is 4.01. The molecule has 0 aromatic carbocycles. The Balaban J connectivity index is 2.76. The summed E-state index contributed by atoms with van der Waals surface area (Å²) < 4.78 is 5.08. The Morgan fingerprint density at radius 3 is 3.18 bits per heavy atom. The van der Waals surface area contributed by atoms with Crippen molar-refractivity contribution >= 4 is 24.1 Å². The van der Waals surface area contributed by atoms with E-state index in [0.29, 0.717) is 18.5 Å². The number of alkyl halides is 1. The first-order valence-electron chi connectivity index (χ1n) is 3.28. The van der Waals surface area contributed by atoms with E-state index in [1.165, 1.54) is 6.21 Å². The highest BCUT2D eigenvalue weighted by atomic mass is 35.5. The van der Waals surface area contributed by atoms with Crippen molar-refractivity contribution in [1.29, 1.82) is 0 Å². The van der Waals surface area contributed by atoms with Crippen LogP contribution in [0.1, 0.15) is 13.3 Å². The average molecular weight is 174 g/mol. The maximum atomic E-state index is 10.4. The molecule has 0 N–H and O–H groups in total. The number of halogens is 1. The highest BCUT2D eigenvalue weighted by Gasteiger charge is 2.28. The second-order valence-electron chi connectivity index (χ2n) is 2.14. The molecule has 4 heteroatoms. The van der Waals surface area contributed by atoms with Gasteiger partial charge in [0, 0.05) is 6.42 Å². The number of allylic oxidation sites excluding steroid dienone is 1.